The number of ether oxygens (including phenoxy) is 4. The van der Waals surface area contributed by atoms with E-state index < -0.39 is 24.7 Å². The molecular weight excluding hydrogens is 763 g/mol. The van der Waals surface area contributed by atoms with Gasteiger partial charge in [-0.25, -0.2) is 9.59 Å². The minimum absolute atomic E-state index is 0.0401. The Morgan fingerprint density at radius 1 is 0.963 bits per heavy atom. The third kappa shape index (κ3) is 9.61. The number of thiophene rings is 1. The van der Waals surface area contributed by atoms with Crippen LogP contribution in [0, 0.1) is 17.0 Å². The molecule has 0 spiro atoms. The molecule has 5 heterocycles. The quantitative estimate of drug-likeness (QED) is 0.0693. The molecule has 3 atom stereocenters. The molecule has 2 aromatic heterocycles. The highest BCUT2D eigenvalue weighted by molar-refractivity contribution is 7.13. The van der Waals surface area contributed by atoms with E-state index >= 15 is 0 Å². The van der Waals surface area contributed by atoms with Crippen molar-refractivity contribution in [2.24, 2.45) is 11.8 Å². The molecule has 0 amide bonds. The van der Waals surface area contributed by atoms with Crippen LogP contribution in [0.25, 0.3) is 0 Å². The van der Waals surface area contributed by atoms with Crippen LogP contribution >= 0.6 is 34.5 Å². The summed E-state index contributed by atoms with van der Waals surface area (Å²) in [4.78, 5) is 30.7. The fourth-order valence-corrected chi connectivity index (χ4v) is 8.32. The standard InChI is InChI=1S/C39H39Cl2F2N3O7S/c40-29-19-46(49)20-30(41)28(29)17-32(26-8-10-31(53-39(42)43)33(16-26)50-22-23-6-7-23)51-37(47)35-11-9-27(54-35)18-44-36(25-4-2-1-3-5-25)38(48)52-34-21-45-14-12-24(34)13-15-45/h1-5,8-11,16,19-20,23-24,32,34,36,39,44H,6-7,12-15,17-18,21-22H2/t32-,34-,36?/m0/s1. The lowest BCUT2D eigenvalue weighted by Gasteiger charge is -2.44. The third-order valence-electron chi connectivity index (χ3n) is 10.00. The second kappa shape index (κ2) is 17.2. The first-order chi connectivity index (χ1) is 26.1. The Bertz CT molecular complexity index is 1920. The van der Waals surface area contributed by atoms with Gasteiger partial charge in [0.25, 0.3) is 0 Å². The summed E-state index contributed by atoms with van der Waals surface area (Å²) in [6.07, 6.45) is 5.08. The maximum Gasteiger partial charge on any atom is 0.387 e. The summed E-state index contributed by atoms with van der Waals surface area (Å²) in [7, 11) is 0. The van der Waals surface area contributed by atoms with E-state index in [9.17, 15) is 23.6 Å². The van der Waals surface area contributed by atoms with Gasteiger partial charge in [-0.2, -0.15) is 13.5 Å². The molecule has 3 aliphatic heterocycles. The summed E-state index contributed by atoms with van der Waals surface area (Å²) >= 11 is 14.0. The molecule has 54 heavy (non-hydrogen) atoms. The Labute approximate surface area is 325 Å². The number of hydrogen-bond acceptors (Lipinski definition) is 10. The predicted molar refractivity (Wildman–Crippen MR) is 198 cm³/mol. The zero-order valence-corrected chi connectivity index (χ0v) is 31.5. The highest BCUT2D eigenvalue weighted by Gasteiger charge is 2.38. The Kier molecular flexibility index (Phi) is 12.2. The van der Waals surface area contributed by atoms with Gasteiger partial charge in [0, 0.05) is 30.0 Å². The number of benzene rings is 2. The van der Waals surface area contributed by atoms with Crippen molar-refractivity contribution in [1.82, 2.24) is 10.2 Å². The number of aromatic nitrogens is 1. The highest BCUT2D eigenvalue weighted by atomic mass is 35.5. The molecule has 0 radical (unpaired) electrons. The Morgan fingerprint density at radius 2 is 1.70 bits per heavy atom. The number of nitrogens with one attached hydrogen (secondary N) is 1. The Hall–Kier alpha value is -4.01. The second-order valence-electron chi connectivity index (χ2n) is 13.8. The average Bonchev–Trinajstić information content (AvgIpc) is 3.87. The van der Waals surface area contributed by atoms with E-state index in [0.717, 1.165) is 68.2 Å². The van der Waals surface area contributed by atoms with Crippen LogP contribution in [0.15, 0.2) is 73.1 Å². The fraction of sp³-hybridized carbons (Fsp3) is 0.410. The zero-order valence-electron chi connectivity index (χ0n) is 29.1. The lowest BCUT2D eigenvalue weighted by Crippen LogP contribution is -2.52. The van der Waals surface area contributed by atoms with Crippen molar-refractivity contribution < 1.29 is 42.0 Å². The molecule has 2 bridgehead atoms. The molecule has 1 aliphatic carbocycles. The van der Waals surface area contributed by atoms with Gasteiger partial charge in [0.2, 0.25) is 0 Å². The number of piperidine rings is 3. The number of halogens is 4. The summed E-state index contributed by atoms with van der Waals surface area (Å²) in [5, 5.41) is 15.4. The lowest BCUT2D eigenvalue weighted by molar-refractivity contribution is -0.605. The van der Waals surface area contributed by atoms with Crippen LogP contribution in [-0.2, 0) is 27.2 Å². The molecule has 10 nitrogen and oxygen atoms in total. The number of nitrogens with zero attached hydrogens (tertiary/aromatic N) is 2. The first-order valence-electron chi connectivity index (χ1n) is 17.9. The summed E-state index contributed by atoms with van der Waals surface area (Å²) in [6.45, 7) is 0.344. The molecule has 286 valence electrons. The number of alkyl halides is 2. The SMILES string of the molecule is O=C(O[C@@H](Cc1c(Cl)c[n+]([O-])cc1Cl)c1ccc(OC(F)F)c(OCC2CC2)c1)c1ccc(CNC(C(=O)O[C@H]2CN3CCC2CC3)c2ccccc2)s1. The van der Waals surface area contributed by atoms with Crippen molar-refractivity contribution in [2.45, 2.75) is 63.5 Å². The van der Waals surface area contributed by atoms with Gasteiger partial charge in [0.1, 0.15) is 33.2 Å². The molecule has 8 rings (SSSR count). The average molecular weight is 803 g/mol. The van der Waals surface area contributed by atoms with Crippen LogP contribution in [0.5, 0.6) is 11.5 Å². The molecule has 4 aromatic rings. The molecule has 2 aromatic carbocycles. The van der Waals surface area contributed by atoms with Gasteiger partial charge >= 0.3 is 18.6 Å². The topological polar surface area (TPSA) is 113 Å². The number of fused-ring (bicyclic) bond motifs is 3. The lowest BCUT2D eigenvalue weighted by atomic mass is 9.86. The largest absolute Gasteiger partial charge is 0.619 e. The van der Waals surface area contributed by atoms with Crippen molar-refractivity contribution >= 4 is 46.5 Å². The summed E-state index contributed by atoms with van der Waals surface area (Å²) < 4.78 is 49.7. The number of pyridine rings is 1. The van der Waals surface area contributed by atoms with Crippen molar-refractivity contribution in [3.63, 3.8) is 0 Å². The van der Waals surface area contributed by atoms with E-state index in [4.69, 9.17) is 42.1 Å². The zero-order chi connectivity index (χ0) is 37.8. The first-order valence-corrected chi connectivity index (χ1v) is 19.5. The van der Waals surface area contributed by atoms with E-state index in [1.807, 2.05) is 30.3 Å². The molecule has 15 heteroatoms. The summed E-state index contributed by atoms with van der Waals surface area (Å²) in [6, 6.07) is 16.4. The van der Waals surface area contributed by atoms with Crippen molar-refractivity contribution in [3.05, 3.63) is 115 Å². The highest BCUT2D eigenvalue weighted by Crippen LogP contribution is 2.38. The van der Waals surface area contributed by atoms with E-state index in [-0.39, 0.29) is 51.5 Å². The van der Waals surface area contributed by atoms with E-state index in [1.165, 1.54) is 29.5 Å². The Morgan fingerprint density at radius 3 is 2.37 bits per heavy atom. The van der Waals surface area contributed by atoms with Crippen LogP contribution in [0.3, 0.4) is 0 Å². The fourth-order valence-electron chi connectivity index (χ4n) is 6.88. The minimum Gasteiger partial charge on any atom is -0.619 e. The van der Waals surface area contributed by atoms with Gasteiger partial charge in [-0.1, -0.05) is 59.6 Å². The van der Waals surface area contributed by atoms with Crippen LogP contribution in [-0.4, -0.2) is 55.8 Å². The van der Waals surface area contributed by atoms with Gasteiger partial charge in [-0.05, 0) is 86.0 Å². The molecule has 4 aliphatic rings. The van der Waals surface area contributed by atoms with Crippen LogP contribution in [0.1, 0.15) is 69.1 Å². The van der Waals surface area contributed by atoms with E-state index in [0.29, 0.717) is 34.3 Å². The van der Waals surface area contributed by atoms with Gasteiger partial charge in [-0.3, -0.25) is 10.2 Å². The molecule has 3 saturated heterocycles. The summed E-state index contributed by atoms with van der Waals surface area (Å²) in [5.74, 6) is -0.387. The molecule has 4 fully saturated rings. The maximum atomic E-state index is 13.7. The van der Waals surface area contributed by atoms with Gasteiger partial charge in [0.15, 0.2) is 23.9 Å². The van der Waals surface area contributed by atoms with Crippen LogP contribution < -0.4 is 19.5 Å². The van der Waals surface area contributed by atoms with Gasteiger partial charge in [-0.15, -0.1) is 11.3 Å². The van der Waals surface area contributed by atoms with Crippen molar-refractivity contribution in [3.8, 4) is 11.5 Å². The smallest absolute Gasteiger partial charge is 0.387 e. The van der Waals surface area contributed by atoms with Crippen molar-refractivity contribution in [1.29, 1.82) is 0 Å². The van der Waals surface area contributed by atoms with Gasteiger partial charge < -0.3 is 24.2 Å². The predicted octanol–water partition coefficient (Wildman–Crippen LogP) is 7.69. The van der Waals surface area contributed by atoms with E-state index in [2.05, 4.69) is 10.2 Å². The number of rotatable bonds is 16. The first kappa shape index (κ1) is 38.3. The number of esters is 2. The van der Waals surface area contributed by atoms with Gasteiger partial charge in [0.05, 0.1) is 6.61 Å². The minimum atomic E-state index is -3.07. The van der Waals surface area contributed by atoms with Crippen molar-refractivity contribution in [2.75, 3.05) is 26.2 Å². The summed E-state index contributed by atoms with van der Waals surface area (Å²) in [5.41, 5.74) is 1.53. The molecule has 1 N–H and O–H groups in total. The van der Waals surface area contributed by atoms with Crippen LogP contribution in [0.2, 0.25) is 10.0 Å². The number of carbonyl (C=O) groups excluding carboxylic acids is 2. The molecular formula is C39H39Cl2F2N3O7S. The molecule has 1 unspecified atom stereocenters. The molecule has 1 saturated carbocycles. The number of hydrogen-bond donors (Lipinski definition) is 1. The number of carbonyl (C=O) groups is 2. The monoisotopic (exact) mass is 801 g/mol. The van der Waals surface area contributed by atoms with E-state index in [1.54, 1.807) is 12.1 Å². The Balaban J connectivity index is 1.08. The second-order valence-corrected chi connectivity index (χ2v) is 15.8. The normalized spacial score (nSPS) is 20.4. The maximum absolute atomic E-state index is 13.7. The third-order valence-corrected chi connectivity index (χ3v) is 11.7. The van der Waals surface area contributed by atoms with Crippen LogP contribution in [0.4, 0.5) is 8.78 Å².